The molecule has 1 N–H and O–H groups in total. The quantitative estimate of drug-likeness (QED) is 0.728. The van der Waals surface area contributed by atoms with Gasteiger partial charge in [-0.15, -0.1) is 0 Å². The number of halogens is 1. The van der Waals surface area contributed by atoms with Gasteiger partial charge in [-0.1, -0.05) is 0 Å². The zero-order valence-electron chi connectivity index (χ0n) is 8.19. The average molecular weight is 284 g/mol. The summed E-state index contributed by atoms with van der Waals surface area (Å²) in [5, 5.41) is 8.64. The van der Waals surface area contributed by atoms with Crippen LogP contribution in [-0.4, -0.2) is 19.1 Å². The Morgan fingerprint density at radius 3 is 2.88 bits per heavy atom. The van der Waals surface area contributed by atoms with Crippen LogP contribution in [0.25, 0.3) is 11.2 Å². The molecule has 0 aliphatic carbocycles. The number of nitrogens with zero attached hydrogens (tertiary/aromatic N) is 4. The van der Waals surface area contributed by atoms with Crippen molar-refractivity contribution in [1.29, 1.82) is 5.26 Å². The largest absolute Gasteiger partial charge is 0.329 e. The molecule has 7 nitrogen and oxygen atoms in total. The molecule has 82 valence electrons. The molecule has 0 aromatic carbocycles. The summed E-state index contributed by atoms with van der Waals surface area (Å²) in [6.45, 7) is -0.0155. The van der Waals surface area contributed by atoms with Gasteiger partial charge in [0.1, 0.15) is 6.54 Å². The molecular formula is C8H6BrN5O2. The van der Waals surface area contributed by atoms with Gasteiger partial charge < -0.3 is 0 Å². The van der Waals surface area contributed by atoms with Crippen molar-refractivity contribution in [3.63, 3.8) is 0 Å². The maximum absolute atomic E-state index is 11.6. The summed E-state index contributed by atoms with van der Waals surface area (Å²) in [6.07, 6.45) is 0. The van der Waals surface area contributed by atoms with Gasteiger partial charge in [0.05, 0.1) is 6.07 Å². The fraction of sp³-hybridized carbons (Fsp3) is 0.250. The lowest BCUT2D eigenvalue weighted by Gasteiger charge is -1.99. The van der Waals surface area contributed by atoms with Crippen LogP contribution in [0.4, 0.5) is 0 Å². The summed E-state index contributed by atoms with van der Waals surface area (Å²) in [6, 6.07) is 1.92. The molecule has 16 heavy (non-hydrogen) atoms. The minimum Gasteiger partial charge on any atom is -0.299 e. The first kappa shape index (κ1) is 10.6. The zero-order chi connectivity index (χ0) is 11.9. The van der Waals surface area contributed by atoms with Crippen molar-refractivity contribution < 1.29 is 0 Å². The van der Waals surface area contributed by atoms with Crippen molar-refractivity contribution >= 4 is 27.1 Å². The minimum absolute atomic E-state index is 0.0155. The van der Waals surface area contributed by atoms with Crippen LogP contribution >= 0.6 is 15.9 Å². The molecule has 0 fully saturated rings. The second-order valence-electron chi connectivity index (χ2n) is 3.12. The molecule has 2 heterocycles. The molecule has 2 rings (SSSR count). The SMILES string of the molecule is Cn1c(=O)[nH]c(=O)c2c1nc(Br)n2CC#N. The third-order valence-corrected chi connectivity index (χ3v) is 2.79. The fourth-order valence-electron chi connectivity index (χ4n) is 1.42. The van der Waals surface area contributed by atoms with Crippen molar-refractivity contribution in [1.82, 2.24) is 19.1 Å². The Labute approximate surface area is 97.1 Å². The maximum atomic E-state index is 11.6. The number of aromatic amines is 1. The van der Waals surface area contributed by atoms with E-state index >= 15 is 0 Å². The molecule has 0 amide bonds. The second-order valence-corrected chi connectivity index (χ2v) is 3.82. The first-order chi connectivity index (χ1) is 7.56. The lowest BCUT2D eigenvalue weighted by molar-refractivity contribution is 0.815. The summed E-state index contributed by atoms with van der Waals surface area (Å²) in [5.74, 6) is 0. The topological polar surface area (TPSA) is 96.5 Å². The van der Waals surface area contributed by atoms with Crippen LogP contribution in [0.2, 0.25) is 0 Å². The lowest BCUT2D eigenvalue weighted by Crippen LogP contribution is -2.29. The maximum Gasteiger partial charge on any atom is 0.329 e. The summed E-state index contributed by atoms with van der Waals surface area (Å²) in [4.78, 5) is 29.1. The Hall–Kier alpha value is -1.88. The number of imidazole rings is 1. The van der Waals surface area contributed by atoms with Crippen LogP contribution in [0.3, 0.4) is 0 Å². The molecule has 2 aromatic heterocycles. The standard InChI is InChI=1S/C8H6BrN5O2/c1-13-5-4(6(15)12-8(13)16)14(3-2-10)7(9)11-5/h3H2,1H3,(H,12,15,16). The van der Waals surface area contributed by atoms with Crippen molar-refractivity contribution in [2.24, 2.45) is 7.05 Å². The number of nitrogens with one attached hydrogen (secondary N) is 1. The van der Waals surface area contributed by atoms with Gasteiger partial charge in [-0.3, -0.25) is 18.9 Å². The number of nitriles is 1. The van der Waals surface area contributed by atoms with Gasteiger partial charge in [0.2, 0.25) is 0 Å². The third-order valence-electron chi connectivity index (χ3n) is 2.19. The van der Waals surface area contributed by atoms with Gasteiger partial charge in [0, 0.05) is 7.05 Å². The number of hydrogen-bond donors (Lipinski definition) is 1. The lowest BCUT2D eigenvalue weighted by atomic mass is 10.5. The van der Waals surface area contributed by atoms with Crippen molar-refractivity contribution in [3.8, 4) is 6.07 Å². The van der Waals surface area contributed by atoms with E-state index in [9.17, 15) is 9.59 Å². The smallest absolute Gasteiger partial charge is 0.299 e. The molecule has 2 aromatic rings. The van der Waals surface area contributed by atoms with E-state index in [4.69, 9.17) is 5.26 Å². The number of aryl methyl sites for hydroxylation is 1. The molecule has 0 unspecified atom stereocenters. The van der Waals surface area contributed by atoms with Gasteiger partial charge in [-0.25, -0.2) is 9.78 Å². The summed E-state index contributed by atoms with van der Waals surface area (Å²) < 4.78 is 2.96. The molecule has 0 atom stereocenters. The first-order valence-electron chi connectivity index (χ1n) is 4.28. The van der Waals surface area contributed by atoms with E-state index in [1.54, 1.807) is 0 Å². The Balaban J connectivity index is 3.02. The van der Waals surface area contributed by atoms with Crippen LogP contribution in [0, 0.1) is 11.3 Å². The number of fused-ring (bicyclic) bond motifs is 1. The zero-order valence-corrected chi connectivity index (χ0v) is 9.78. The van der Waals surface area contributed by atoms with Crippen LogP contribution in [0.5, 0.6) is 0 Å². The van der Waals surface area contributed by atoms with E-state index in [1.807, 2.05) is 6.07 Å². The third kappa shape index (κ3) is 1.37. The normalized spacial score (nSPS) is 10.6. The second kappa shape index (κ2) is 3.61. The Morgan fingerprint density at radius 2 is 2.25 bits per heavy atom. The number of aromatic nitrogens is 4. The van der Waals surface area contributed by atoms with Gasteiger partial charge in [0.25, 0.3) is 5.56 Å². The molecule has 0 radical (unpaired) electrons. The van der Waals surface area contributed by atoms with Gasteiger partial charge in [-0.05, 0) is 15.9 Å². The van der Waals surface area contributed by atoms with E-state index in [1.165, 1.54) is 16.2 Å². The Kier molecular flexibility index (Phi) is 2.40. The fourth-order valence-corrected chi connectivity index (χ4v) is 1.89. The Bertz CT molecular complexity index is 717. The van der Waals surface area contributed by atoms with Crippen LogP contribution in [0.1, 0.15) is 0 Å². The summed E-state index contributed by atoms with van der Waals surface area (Å²) >= 11 is 3.14. The van der Waals surface area contributed by atoms with Gasteiger partial charge >= 0.3 is 5.69 Å². The van der Waals surface area contributed by atoms with Crippen molar-refractivity contribution in [3.05, 3.63) is 25.6 Å². The molecule has 0 aliphatic heterocycles. The number of H-pyrrole nitrogens is 1. The Morgan fingerprint density at radius 1 is 1.56 bits per heavy atom. The molecule has 0 bridgehead atoms. The molecule has 0 aliphatic rings. The number of rotatable bonds is 1. The molecule has 8 heteroatoms. The highest BCUT2D eigenvalue weighted by Crippen LogP contribution is 2.14. The highest BCUT2D eigenvalue weighted by Gasteiger charge is 2.14. The predicted molar refractivity (Wildman–Crippen MR) is 58.9 cm³/mol. The predicted octanol–water partition coefficient (Wildman–Crippen LogP) is -0.291. The van der Waals surface area contributed by atoms with E-state index in [-0.39, 0.29) is 17.7 Å². The van der Waals surface area contributed by atoms with Gasteiger partial charge in [0.15, 0.2) is 15.9 Å². The molecular weight excluding hydrogens is 278 g/mol. The van der Waals surface area contributed by atoms with Crippen LogP contribution in [0.15, 0.2) is 14.3 Å². The van der Waals surface area contributed by atoms with Crippen molar-refractivity contribution in [2.75, 3.05) is 0 Å². The molecule has 0 saturated carbocycles. The van der Waals surface area contributed by atoms with Crippen LogP contribution < -0.4 is 11.2 Å². The average Bonchev–Trinajstić information content (AvgIpc) is 2.54. The highest BCUT2D eigenvalue weighted by atomic mass is 79.9. The van der Waals surface area contributed by atoms with Crippen molar-refractivity contribution in [2.45, 2.75) is 6.54 Å². The molecule has 0 saturated heterocycles. The minimum atomic E-state index is -0.549. The van der Waals surface area contributed by atoms with Crippen LogP contribution in [-0.2, 0) is 13.6 Å². The van der Waals surface area contributed by atoms with Gasteiger partial charge in [-0.2, -0.15) is 5.26 Å². The van der Waals surface area contributed by atoms with E-state index in [0.29, 0.717) is 4.73 Å². The van der Waals surface area contributed by atoms with E-state index in [2.05, 4.69) is 25.9 Å². The molecule has 0 spiro atoms. The summed E-state index contributed by atoms with van der Waals surface area (Å²) in [5.41, 5.74) is -0.635. The number of hydrogen-bond acceptors (Lipinski definition) is 4. The van der Waals surface area contributed by atoms with E-state index < -0.39 is 11.2 Å². The summed E-state index contributed by atoms with van der Waals surface area (Å²) in [7, 11) is 1.50. The monoisotopic (exact) mass is 283 g/mol. The van der Waals surface area contributed by atoms with E-state index in [0.717, 1.165) is 0 Å². The highest BCUT2D eigenvalue weighted by molar-refractivity contribution is 9.10. The first-order valence-corrected chi connectivity index (χ1v) is 5.07.